The number of hydrogen-bond acceptors (Lipinski definition) is 4. The third-order valence-electron chi connectivity index (χ3n) is 2.08. The minimum absolute atomic E-state index is 0.585. The Kier molecular flexibility index (Phi) is 3.77. The molecule has 1 heterocycles. The summed E-state index contributed by atoms with van der Waals surface area (Å²) < 4.78 is 6.03. The Hall–Kier alpha value is -1.38. The van der Waals surface area contributed by atoms with Crippen LogP contribution in [0.5, 0.6) is 5.75 Å². The van der Waals surface area contributed by atoms with Crippen molar-refractivity contribution in [1.29, 1.82) is 5.26 Å². The monoisotopic (exact) mass is 308 g/mol. The molecule has 0 N–H and O–H groups in total. The van der Waals surface area contributed by atoms with E-state index in [9.17, 15) is 0 Å². The highest BCUT2D eigenvalue weighted by atomic mass is 79.9. The summed E-state index contributed by atoms with van der Waals surface area (Å²) in [5.74, 6) is 0.815. The van der Waals surface area contributed by atoms with Crippen molar-refractivity contribution in [2.24, 2.45) is 0 Å². The van der Waals surface area contributed by atoms with Gasteiger partial charge in [0, 0.05) is 5.56 Å². The molecule has 0 amide bonds. The number of benzene rings is 1. The van der Waals surface area contributed by atoms with Crippen LogP contribution in [0.25, 0.3) is 10.6 Å². The van der Waals surface area contributed by atoms with Crippen LogP contribution in [-0.4, -0.2) is 11.6 Å². The zero-order chi connectivity index (χ0) is 12.3. The fourth-order valence-corrected chi connectivity index (χ4v) is 2.76. The van der Waals surface area contributed by atoms with Gasteiger partial charge in [-0.05, 0) is 35.0 Å². The van der Waals surface area contributed by atoms with E-state index in [0.717, 1.165) is 16.3 Å². The van der Waals surface area contributed by atoms with Gasteiger partial charge in [-0.2, -0.15) is 5.26 Å². The number of thiazole rings is 1. The summed E-state index contributed by atoms with van der Waals surface area (Å²) in [5, 5.41) is 9.70. The SMILES string of the molecule is CCOc1cccc(-c2nc(Br)c(C#N)s2)c1. The van der Waals surface area contributed by atoms with Crippen LogP contribution in [0.3, 0.4) is 0 Å². The molecule has 0 saturated carbocycles. The maximum atomic E-state index is 8.88. The van der Waals surface area contributed by atoms with Crippen LogP contribution in [0.15, 0.2) is 28.9 Å². The quantitative estimate of drug-likeness (QED) is 0.865. The summed E-state index contributed by atoms with van der Waals surface area (Å²) in [6, 6.07) is 9.80. The van der Waals surface area contributed by atoms with Crippen LogP contribution in [0.1, 0.15) is 11.8 Å². The standard InChI is InChI=1S/C12H9BrN2OS/c1-2-16-9-5-3-4-8(6-9)12-15-11(13)10(7-14)17-12/h3-6H,2H2,1H3. The molecule has 17 heavy (non-hydrogen) atoms. The number of aromatic nitrogens is 1. The first kappa shape index (κ1) is 12.1. The van der Waals surface area contributed by atoms with Crippen LogP contribution in [0.2, 0.25) is 0 Å². The van der Waals surface area contributed by atoms with Gasteiger partial charge < -0.3 is 4.74 Å². The van der Waals surface area contributed by atoms with Crippen molar-refractivity contribution in [2.45, 2.75) is 6.92 Å². The van der Waals surface area contributed by atoms with E-state index in [2.05, 4.69) is 27.0 Å². The number of ether oxygens (including phenoxy) is 1. The topological polar surface area (TPSA) is 45.9 Å². The summed E-state index contributed by atoms with van der Waals surface area (Å²) in [6.07, 6.45) is 0. The Morgan fingerprint density at radius 2 is 2.35 bits per heavy atom. The van der Waals surface area contributed by atoms with Crippen molar-refractivity contribution < 1.29 is 4.74 Å². The van der Waals surface area contributed by atoms with Crippen LogP contribution in [-0.2, 0) is 0 Å². The molecule has 1 aromatic carbocycles. The number of halogens is 1. The summed E-state index contributed by atoms with van der Waals surface area (Å²) in [4.78, 5) is 4.90. The highest BCUT2D eigenvalue weighted by Crippen LogP contribution is 2.32. The number of nitrogens with zero attached hydrogens (tertiary/aromatic N) is 2. The maximum absolute atomic E-state index is 8.88. The minimum Gasteiger partial charge on any atom is -0.494 e. The highest BCUT2D eigenvalue weighted by Gasteiger charge is 2.10. The molecule has 0 aliphatic rings. The number of nitriles is 1. The lowest BCUT2D eigenvalue weighted by Gasteiger charge is -2.03. The fraction of sp³-hybridized carbons (Fsp3) is 0.167. The van der Waals surface area contributed by atoms with Gasteiger partial charge in [-0.1, -0.05) is 12.1 Å². The molecule has 1 aromatic heterocycles. The first-order valence-electron chi connectivity index (χ1n) is 5.04. The summed E-state index contributed by atoms with van der Waals surface area (Å²) in [6.45, 7) is 2.58. The lowest BCUT2D eigenvalue weighted by atomic mass is 10.2. The molecule has 0 saturated heterocycles. The van der Waals surface area contributed by atoms with E-state index < -0.39 is 0 Å². The van der Waals surface area contributed by atoms with Crippen LogP contribution < -0.4 is 4.74 Å². The molecular weight excluding hydrogens is 300 g/mol. The van der Waals surface area contributed by atoms with Crippen LogP contribution in [0.4, 0.5) is 0 Å². The van der Waals surface area contributed by atoms with Crippen LogP contribution in [0, 0.1) is 11.3 Å². The second-order valence-electron chi connectivity index (χ2n) is 3.21. The molecule has 2 rings (SSSR count). The molecule has 0 radical (unpaired) electrons. The predicted molar refractivity (Wildman–Crippen MR) is 71.1 cm³/mol. The Morgan fingerprint density at radius 3 is 3.00 bits per heavy atom. The average molecular weight is 309 g/mol. The summed E-state index contributed by atoms with van der Waals surface area (Å²) >= 11 is 4.63. The van der Waals surface area contributed by atoms with E-state index in [1.165, 1.54) is 11.3 Å². The first-order valence-corrected chi connectivity index (χ1v) is 6.65. The molecule has 0 spiro atoms. The Balaban J connectivity index is 2.39. The first-order chi connectivity index (χ1) is 8.24. The van der Waals surface area contributed by atoms with Gasteiger partial charge in [0.15, 0.2) is 0 Å². The van der Waals surface area contributed by atoms with Gasteiger partial charge >= 0.3 is 0 Å². The smallest absolute Gasteiger partial charge is 0.139 e. The van der Waals surface area contributed by atoms with E-state index in [4.69, 9.17) is 10.00 Å². The largest absolute Gasteiger partial charge is 0.494 e. The summed E-state index contributed by atoms with van der Waals surface area (Å²) in [5.41, 5.74) is 0.961. The van der Waals surface area contributed by atoms with E-state index >= 15 is 0 Å². The van der Waals surface area contributed by atoms with E-state index in [1.807, 2.05) is 31.2 Å². The molecule has 0 bridgehead atoms. The summed E-state index contributed by atoms with van der Waals surface area (Å²) in [7, 11) is 0. The molecule has 2 aromatic rings. The Morgan fingerprint density at radius 1 is 1.53 bits per heavy atom. The average Bonchev–Trinajstić information content (AvgIpc) is 2.71. The van der Waals surface area contributed by atoms with Crippen molar-refractivity contribution >= 4 is 27.3 Å². The van der Waals surface area contributed by atoms with Gasteiger partial charge in [-0.25, -0.2) is 4.98 Å². The Labute approximate surface area is 112 Å². The normalized spacial score (nSPS) is 9.94. The number of rotatable bonds is 3. The van der Waals surface area contributed by atoms with E-state index in [1.54, 1.807) is 0 Å². The lowest BCUT2D eigenvalue weighted by Crippen LogP contribution is -1.90. The minimum atomic E-state index is 0.585. The van der Waals surface area contributed by atoms with Gasteiger partial charge in [-0.3, -0.25) is 0 Å². The number of hydrogen-bond donors (Lipinski definition) is 0. The highest BCUT2D eigenvalue weighted by molar-refractivity contribution is 9.10. The predicted octanol–water partition coefficient (Wildman–Crippen LogP) is 3.84. The van der Waals surface area contributed by atoms with Gasteiger partial charge in [0.1, 0.15) is 26.3 Å². The van der Waals surface area contributed by atoms with Gasteiger partial charge in [0.2, 0.25) is 0 Å². The zero-order valence-corrected chi connectivity index (χ0v) is 11.5. The van der Waals surface area contributed by atoms with Crippen molar-refractivity contribution in [1.82, 2.24) is 4.98 Å². The molecule has 0 aliphatic heterocycles. The second kappa shape index (κ2) is 5.30. The van der Waals surface area contributed by atoms with Crippen molar-refractivity contribution in [2.75, 3.05) is 6.61 Å². The van der Waals surface area contributed by atoms with Crippen molar-refractivity contribution in [3.8, 4) is 22.4 Å². The third-order valence-corrected chi connectivity index (χ3v) is 3.92. The molecule has 0 atom stereocenters. The van der Waals surface area contributed by atoms with E-state index in [-0.39, 0.29) is 0 Å². The van der Waals surface area contributed by atoms with Gasteiger partial charge in [0.05, 0.1) is 6.61 Å². The Bertz CT molecular complexity index is 574. The van der Waals surface area contributed by atoms with Crippen molar-refractivity contribution in [3.05, 3.63) is 33.7 Å². The van der Waals surface area contributed by atoms with Gasteiger partial charge in [-0.15, -0.1) is 11.3 Å². The zero-order valence-electron chi connectivity index (χ0n) is 9.11. The van der Waals surface area contributed by atoms with E-state index in [0.29, 0.717) is 16.1 Å². The molecule has 3 nitrogen and oxygen atoms in total. The van der Waals surface area contributed by atoms with Crippen molar-refractivity contribution in [3.63, 3.8) is 0 Å². The fourth-order valence-electron chi connectivity index (χ4n) is 1.38. The molecule has 0 aliphatic carbocycles. The lowest BCUT2D eigenvalue weighted by molar-refractivity contribution is 0.340. The molecule has 0 fully saturated rings. The molecular formula is C12H9BrN2OS. The third kappa shape index (κ3) is 2.65. The van der Waals surface area contributed by atoms with Crippen LogP contribution >= 0.6 is 27.3 Å². The molecule has 0 unspecified atom stereocenters. The second-order valence-corrected chi connectivity index (χ2v) is 4.96. The maximum Gasteiger partial charge on any atom is 0.139 e. The molecule has 86 valence electrons. The molecule has 5 heteroatoms. The van der Waals surface area contributed by atoms with Gasteiger partial charge in [0.25, 0.3) is 0 Å².